The average Bonchev–Trinajstić information content (AvgIpc) is 2.72. The van der Waals surface area contributed by atoms with E-state index in [-0.39, 0.29) is 16.6 Å². The van der Waals surface area contributed by atoms with E-state index in [0.29, 0.717) is 0 Å². The van der Waals surface area contributed by atoms with Gasteiger partial charge in [0.05, 0.1) is 11.2 Å². The van der Waals surface area contributed by atoms with Crippen LogP contribution in [0.4, 0.5) is 0 Å². The van der Waals surface area contributed by atoms with Crippen molar-refractivity contribution in [2.24, 2.45) is 7.05 Å². The van der Waals surface area contributed by atoms with Gasteiger partial charge < -0.3 is 0 Å². The van der Waals surface area contributed by atoms with E-state index in [1.807, 2.05) is 24.3 Å². The number of aromatic nitrogens is 2. The van der Waals surface area contributed by atoms with Gasteiger partial charge in [-0.3, -0.25) is 4.68 Å². The summed E-state index contributed by atoms with van der Waals surface area (Å²) in [4.78, 5) is 0. The molecule has 0 bridgehead atoms. The molecule has 1 aromatic carbocycles. The fourth-order valence-corrected chi connectivity index (χ4v) is 3.79. The molecule has 0 spiro atoms. The number of hydrogen-bond acceptors (Lipinski definition) is 3. The van der Waals surface area contributed by atoms with E-state index in [2.05, 4.69) is 21.0 Å². The number of sulfonamides is 1. The van der Waals surface area contributed by atoms with Crippen molar-refractivity contribution in [3.63, 3.8) is 0 Å². The van der Waals surface area contributed by atoms with Gasteiger partial charge in [-0.2, -0.15) is 9.40 Å². The highest BCUT2D eigenvalue weighted by Crippen LogP contribution is 2.24. The van der Waals surface area contributed by atoms with E-state index < -0.39 is 10.0 Å². The van der Waals surface area contributed by atoms with Crippen molar-refractivity contribution < 1.29 is 8.42 Å². The lowest BCUT2D eigenvalue weighted by atomic mass is 10.2. The molecule has 0 unspecified atom stereocenters. The Kier molecular flexibility index (Phi) is 4.53. The van der Waals surface area contributed by atoms with Gasteiger partial charge in [0.15, 0.2) is 5.03 Å². The minimum absolute atomic E-state index is 0.00113. The van der Waals surface area contributed by atoms with E-state index in [9.17, 15) is 8.42 Å². The Morgan fingerprint density at radius 1 is 1.35 bits per heavy atom. The predicted molar refractivity (Wildman–Crippen MR) is 81.0 cm³/mol. The lowest BCUT2D eigenvalue weighted by molar-refractivity contribution is 0.457. The van der Waals surface area contributed by atoms with Gasteiger partial charge in [-0.05, 0) is 17.7 Å². The topological polar surface area (TPSA) is 55.2 Å². The highest BCUT2D eigenvalue weighted by Gasteiger charge is 2.27. The van der Waals surface area contributed by atoms with E-state index >= 15 is 0 Å². The van der Waals surface area contributed by atoms with Crippen LogP contribution in [-0.4, -0.2) is 29.6 Å². The maximum absolute atomic E-state index is 12.5. The summed E-state index contributed by atoms with van der Waals surface area (Å²) in [7, 11) is -0.613. The molecule has 1 aromatic heterocycles. The first-order chi connectivity index (χ1) is 9.32. The molecule has 0 radical (unpaired) electrons. The van der Waals surface area contributed by atoms with E-state index in [0.717, 1.165) is 10.0 Å². The van der Waals surface area contributed by atoms with Crippen molar-refractivity contribution in [2.45, 2.75) is 11.6 Å². The molecule has 0 aliphatic rings. The second-order valence-electron chi connectivity index (χ2n) is 4.31. The van der Waals surface area contributed by atoms with Gasteiger partial charge in [-0.25, -0.2) is 8.42 Å². The maximum atomic E-state index is 12.5. The molecule has 8 heteroatoms. The van der Waals surface area contributed by atoms with Crippen LogP contribution in [0.25, 0.3) is 0 Å². The Morgan fingerprint density at radius 2 is 1.95 bits per heavy atom. The Labute approximate surface area is 131 Å². The van der Waals surface area contributed by atoms with Gasteiger partial charge in [0, 0.05) is 25.1 Å². The van der Waals surface area contributed by atoms with Gasteiger partial charge in [0.1, 0.15) is 0 Å². The molecule has 2 aromatic rings. The molecule has 0 aliphatic carbocycles. The molecule has 0 N–H and O–H groups in total. The molecule has 0 saturated heterocycles. The van der Waals surface area contributed by atoms with Gasteiger partial charge in [-0.1, -0.05) is 39.7 Å². The Balaban J connectivity index is 2.28. The zero-order chi connectivity index (χ0) is 14.9. The summed E-state index contributed by atoms with van der Waals surface area (Å²) in [6.07, 6.45) is 1.32. The SMILES string of the molecule is CN(Cc1ccc(Br)cc1)S(=O)(=O)c1c(Cl)cnn1C. The third-order valence-electron chi connectivity index (χ3n) is 2.82. The highest BCUT2D eigenvalue weighted by atomic mass is 79.9. The summed E-state index contributed by atoms with van der Waals surface area (Å²) in [6, 6.07) is 7.46. The van der Waals surface area contributed by atoms with Crippen LogP contribution in [-0.2, 0) is 23.6 Å². The zero-order valence-electron chi connectivity index (χ0n) is 10.9. The Bertz CT molecular complexity index is 693. The number of hydrogen-bond donors (Lipinski definition) is 0. The molecule has 0 atom stereocenters. The van der Waals surface area contributed by atoms with Crippen molar-refractivity contribution in [3.8, 4) is 0 Å². The van der Waals surface area contributed by atoms with Gasteiger partial charge in [0.2, 0.25) is 0 Å². The molecule has 2 rings (SSSR count). The fourth-order valence-electron chi connectivity index (χ4n) is 1.77. The van der Waals surface area contributed by atoms with Crippen LogP contribution in [0.15, 0.2) is 40.0 Å². The second-order valence-corrected chi connectivity index (χ2v) is 7.59. The lowest BCUT2D eigenvalue weighted by Gasteiger charge is -2.17. The normalized spacial score (nSPS) is 12.1. The quantitative estimate of drug-likeness (QED) is 0.822. The van der Waals surface area contributed by atoms with Crippen molar-refractivity contribution >= 4 is 37.6 Å². The third kappa shape index (κ3) is 3.06. The van der Waals surface area contributed by atoms with Crippen LogP contribution >= 0.6 is 27.5 Å². The summed E-state index contributed by atoms with van der Waals surface area (Å²) in [5, 5.41) is 3.98. The standard InChI is InChI=1S/C12H13BrClN3O2S/c1-16(8-9-3-5-10(13)6-4-9)20(18,19)12-11(14)7-15-17(12)2/h3-7H,8H2,1-2H3. The minimum Gasteiger partial charge on any atom is -0.255 e. The first-order valence-corrected chi connectivity index (χ1v) is 8.32. The zero-order valence-corrected chi connectivity index (χ0v) is 14.1. The van der Waals surface area contributed by atoms with E-state index in [4.69, 9.17) is 11.6 Å². The second kappa shape index (κ2) is 5.85. The number of benzene rings is 1. The molecular formula is C12H13BrClN3O2S. The molecule has 5 nitrogen and oxygen atoms in total. The minimum atomic E-state index is -3.68. The smallest absolute Gasteiger partial charge is 0.255 e. The molecule has 0 saturated carbocycles. The molecule has 0 fully saturated rings. The number of rotatable bonds is 4. The fraction of sp³-hybridized carbons (Fsp3) is 0.250. The third-order valence-corrected chi connectivity index (χ3v) is 5.66. The summed E-state index contributed by atoms with van der Waals surface area (Å²) >= 11 is 9.24. The van der Waals surface area contributed by atoms with Crippen molar-refractivity contribution in [1.29, 1.82) is 0 Å². The predicted octanol–water partition coefficient (Wildman–Crippen LogP) is 2.66. The van der Waals surface area contributed by atoms with Gasteiger partial charge >= 0.3 is 0 Å². The van der Waals surface area contributed by atoms with E-state index in [1.54, 1.807) is 7.05 Å². The number of aryl methyl sites for hydroxylation is 1. The van der Waals surface area contributed by atoms with Gasteiger partial charge in [0.25, 0.3) is 10.0 Å². The molecule has 0 aliphatic heterocycles. The number of nitrogens with zero attached hydrogens (tertiary/aromatic N) is 3. The first kappa shape index (κ1) is 15.5. The molecule has 108 valence electrons. The van der Waals surface area contributed by atoms with Crippen LogP contribution in [0.2, 0.25) is 5.02 Å². The van der Waals surface area contributed by atoms with Crippen molar-refractivity contribution in [2.75, 3.05) is 7.05 Å². The maximum Gasteiger partial charge on any atom is 0.261 e. The van der Waals surface area contributed by atoms with Crippen LogP contribution in [0.5, 0.6) is 0 Å². The van der Waals surface area contributed by atoms with Crippen molar-refractivity contribution in [3.05, 3.63) is 45.5 Å². The molecular weight excluding hydrogens is 366 g/mol. The van der Waals surface area contributed by atoms with E-state index in [1.165, 1.54) is 22.2 Å². The summed E-state index contributed by atoms with van der Waals surface area (Å²) in [5.41, 5.74) is 0.887. The van der Waals surface area contributed by atoms with Crippen LogP contribution < -0.4 is 0 Å². The molecule has 1 heterocycles. The van der Waals surface area contributed by atoms with Crippen molar-refractivity contribution in [1.82, 2.24) is 14.1 Å². The van der Waals surface area contributed by atoms with Crippen LogP contribution in [0, 0.1) is 0 Å². The molecule has 20 heavy (non-hydrogen) atoms. The Morgan fingerprint density at radius 3 is 2.45 bits per heavy atom. The first-order valence-electron chi connectivity index (χ1n) is 5.70. The van der Waals surface area contributed by atoms with Crippen LogP contribution in [0.1, 0.15) is 5.56 Å². The average molecular weight is 379 g/mol. The number of halogens is 2. The molecule has 0 amide bonds. The highest BCUT2D eigenvalue weighted by molar-refractivity contribution is 9.10. The largest absolute Gasteiger partial charge is 0.261 e. The monoisotopic (exact) mass is 377 g/mol. The lowest BCUT2D eigenvalue weighted by Crippen LogP contribution is -2.28. The Hall–Kier alpha value is -0.890. The van der Waals surface area contributed by atoms with Crippen LogP contribution in [0.3, 0.4) is 0 Å². The summed E-state index contributed by atoms with van der Waals surface area (Å²) in [5.74, 6) is 0. The summed E-state index contributed by atoms with van der Waals surface area (Å²) < 4.78 is 28.4. The van der Waals surface area contributed by atoms with Gasteiger partial charge in [-0.15, -0.1) is 0 Å². The summed E-state index contributed by atoms with van der Waals surface area (Å²) in [6.45, 7) is 0.261.